The summed E-state index contributed by atoms with van der Waals surface area (Å²) in [4.78, 5) is 12.8. The van der Waals surface area contributed by atoms with Crippen LogP contribution in [0.25, 0.3) is 6.08 Å². The SMILES string of the molecule is CC(=Cc1ccc(O[C@H]2C[C@H](O)[C@@H](C(C)NN=Cc3cccc(Cl)c3)O2)c(F)c1)C(=O)N[C@@H]1[C@H](O)[C@@H](O)[C@H]2OCO[C@H]2[C@@H]1O. The molecule has 0 bridgehead atoms. The van der Waals surface area contributed by atoms with E-state index in [2.05, 4.69) is 15.8 Å². The number of nitrogens with zero attached hydrogens (tertiary/aromatic N) is 1. The number of fused-ring (bicyclic) bond motifs is 1. The lowest BCUT2D eigenvalue weighted by atomic mass is 9.83. The number of halogens is 2. The molecule has 1 aliphatic carbocycles. The van der Waals surface area contributed by atoms with Crippen LogP contribution in [0.1, 0.15) is 31.4 Å². The Morgan fingerprint density at radius 3 is 2.57 bits per heavy atom. The van der Waals surface area contributed by atoms with Crippen molar-refractivity contribution in [1.82, 2.24) is 10.7 Å². The van der Waals surface area contributed by atoms with Gasteiger partial charge in [-0.25, -0.2) is 4.39 Å². The van der Waals surface area contributed by atoms with Crippen LogP contribution in [0.3, 0.4) is 0 Å². The molecule has 2 aromatic rings. The molecule has 0 aromatic heterocycles. The monoisotopic (exact) mass is 635 g/mol. The summed E-state index contributed by atoms with van der Waals surface area (Å²) in [5.41, 5.74) is 4.22. The van der Waals surface area contributed by atoms with Crippen molar-refractivity contribution >= 4 is 29.8 Å². The second-order valence-electron chi connectivity index (χ2n) is 11.1. The molecule has 2 saturated heterocycles. The highest BCUT2D eigenvalue weighted by atomic mass is 35.5. The highest BCUT2D eigenvalue weighted by Crippen LogP contribution is 2.31. The third-order valence-corrected chi connectivity index (χ3v) is 8.05. The molecule has 0 spiro atoms. The minimum atomic E-state index is -1.49. The van der Waals surface area contributed by atoms with E-state index in [-0.39, 0.29) is 30.6 Å². The Labute approximate surface area is 258 Å². The van der Waals surface area contributed by atoms with Crippen LogP contribution in [0, 0.1) is 5.82 Å². The smallest absolute Gasteiger partial charge is 0.247 e. The van der Waals surface area contributed by atoms with E-state index in [1.165, 1.54) is 31.2 Å². The van der Waals surface area contributed by atoms with E-state index in [9.17, 15) is 29.6 Å². The van der Waals surface area contributed by atoms with Gasteiger partial charge in [0.15, 0.2) is 11.6 Å². The van der Waals surface area contributed by atoms with E-state index in [0.717, 1.165) is 5.56 Å². The van der Waals surface area contributed by atoms with Gasteiger partial charge in [-0.2, -0.15) is 5.10 Å². The van der Waals surface area contributed by atoms with Crippen LogP contribution in [0.4, 0.5) is 4.39 Å². The zero-order chi connectivity index (χ0) is 31.5. The van der Waals surface area contributed by atoms with Crippen molar-refractivity contribution in [3.8, 4) is 5.75 Å². The molecule has 12 nitrogen and oxygen atoms in total. The number of rotatable bonds is 9. The topological polar surface area (TPSA) is 171 Å². The Hall–Kier alpha value is -3.14. The van der Waals surface area contributed by atoms with E-state index in [1.807, 2.05) is 6.07 Å². The zero-order valence-electron chi connectivity index (χ0n) is 23.9. The summed E-state index contributed by atoms with van der Waals surface area (Å²) in [6, 6.07) is 9.65. The molecular formula is C30H35ClFN3O9. The Morgan fingerprint density at radius 2 is 1.84 bits per heavy atom. The number of carbonyl (C=O) groups is 1. The number of hydrogen-bond donors (Lipinski definition) is 6. The predicted molar refractivity (Wildman–Crippen MR) is 156 cm³/mol. The first kappa shape index (κ1) is 32.3. The number of carbonyl (C=O) groups excluding carboxylic acids is 1. The minimum Gasteiger partial charge on any atom is -0.462 e. The second kappa shape index (κ2) is 13.9. The summed E-state index contributed by atoms with van der Waals surface area (Å²) in [5, 5.41) is 49.1. The molecule has 3 fully saturated rings. The molecule has 3 aliphatic rings. The number of hydrogen-bond acceptors (Lipinski definition) is 11. The number of hydrazone groups is 1. The van der Waals surface area contributed by atoms with Gasteiger partial charge in [0.2, 0.25) is 12.2 Å². The van der Waals surface area contributed by atoms with Crippen molar-refractivity contribution in [2.75, 3.05) is 6.79 Å². The van der Waals surface area contributed by atoms with Gasteiger partial charge in [-0.3, -0.25) is 4.79 Å². The first-order chi connectivity index (χ1) is 21.0. The molecule has 0 radical (unpaired) electrons. The van der Waals surface area contributed by atoms with E-state index >= 15 is 0 Å². The fourth-order valence-electron chi connectivity index (χ4n) is 5.45. The maximum absolute atomic E-state index is 15.0. The molecule has 44 heavy (non-hydrogen) atoms. The third-order valence-electron chi connectivity index (χ3n) is 7.81. The van der Waals surface area contributed by atoms with Crippen LogP contribution in [-0.2, 0) is 19.0 Å². The number of nitrogens with one attached hydrogen (secondary N) is 2. The van der Waals surface area contributed by atoms with E-state index < -0.39 is 66.8 Å². The second-order valence-corrected chi connectivity index (χ2v) is 11.5. The molecule has 6 N–H and O–H groups in total. The van der Waals surface area contributed by atoms with Crippen molar-refractivity contribution < 1.29 is 48.6 Å². The molecule has 1 amide bonds. The average Bonchev–Trinajstić information content (AvgIpc) is 3.62. The van der Waals surface area contributed by atoms with Gasteiger partial charge < -0.3 is 50.1 Å². The first-order valence-corrected chi connectivity index (χ1v) is 14.5. The van der Waals surface area contributed by atoms with Gasteiger partial charge in [-0.1, -0.05) is 29.8 Å². The normalized spacial score (nSPS) is 32.8. The van der Waals surface area contributed by atoms with E-state index in [0.29, 0.717) is 10.6 Å². The number of benzene rings is 2. The summed E-state index contributed by atoms with van der Waals surface area (Å²) in [6.07, 6.45) is -5.31. The number of amides is 1. The van der Waals surface area contributed by atoms with Gasteiger partial charge >= 0.3 is 0 Å². The Bertz CT molecular complexity index is 1400. The molecule has 1 saturated carbocycles. The lowest BCUT2D eigenvalue weighted by Crippen LogP contribution is -2.67. The summed E-state index contributed by atoms with van der Waals surface area (Å²) < 4.78 is 37.0. The third kappa shape index (κ3) is 7.22. The van der Waals surface area contributed by atoms with E-state index in [1.54, 1.807) is 31.3 Å². The predicted octanol–water partition coefficient (Wildman–Crippen LogP) is 1.07. The maximum Gasteiger partial charge on any atom is 0.247 e. The van der Waals surface area contributed by atoms with Crippen molar-refractivity contribution in [3.05, 3.63) is 70.0 Å². The fourth-order valence-corrected chi connectivity index (χ4v) is 5.65. The maximum atomic E-state index is 15.0. The number of aliphatic hydroxyl groups excluding tert-OH is 4. The molecule has 2 aliphatic heterocycles. The van der Waals surface area contributed by atoms with Crippen LogP contribution < -0.4 is 15.5 Å². The summed E-state index contributed by atoms with van der Waals surface area (Å²) in [6.45, 7) is 3.12. The molecule has 5 rings (SSSR count). The lowest BCUT2D eigenvalue weighted by Gasteiger charge is -2.41. The quantitative estimate of drug-likeness (QED) is 0.133. The van der Waals surface area contributed by atoms with E-state index in [4.69, 9.17) is 30.5 Å². The average molecular weight is 636 g/mol. The van der Waals surface area contributed by atoms with Crippen molar-refractivity contribution in [3.63, 3.8) is 0 Å². The Morgan fingerprint density at radius 1 is 1.09 bits per heavy atom. The summed E-state index contributed by atoms with van der Waals surface area (Å²) in [7, 11) is 0. The summed E-state index contributed by atoms with van der Waals surface area (Å²) in [5.74, 6) is -1.45. The van der Waals surface area contributed by atoms with Gasteiger partial charge in [0.25, 0.3) is 0 Å². The molecular weight excluding hydrogens is 601 g/mol. The fraction of sp³-hybridized carbons (Fsp3) is 0.467. The van der Waals surface area contributed by atoms with Gasteiger partial charge in [-0.05, 0) is 55.3 Å². The van der Waals surface area contributed by atoms with Gasteiger partial charge in [0, 0.05) is 17.0 Å². The first-order valence-electron chi connectivity index (χ1n) is 14.1. The largest absolute Gasteiger partial charge is 0.462 e. The number of ether oxygens (including phenoxy) is 4. The molecule has 2 heterocycles. The van der Waals surface area contributed by atoms with Crippen LogP contribution in [0.2, 0.25) is 5.02 Å². The molecule has 14 heteroatoms. The molecule has 10 atom stereocenters. The standard InChI is InChI=1S/C30H35ClFN3O9/c1-14(30(40)34-23-24(37)26(39)29-28(25(23)38)41-13-42-29)8-16-6-7-21(19(32)10-16)43-22-11-20(36)27(44-22)15(2)35-33-12-17-4-3-5-18(31)9-17/h3-10,12,15,20,22-29,35-39H,11,13H2,1-2H3,(H,34,40)/t15?,20-,22+,23+,24-,25+,26+,27+,28-,29+/m0/s1. The van der Waals surface area contributed by atoms with Crippen molar-refractivity contribution in [2.24, 2.45) is 5.10 Å². The van der Waals surface area contributed by atoms with Gasteiger partial charge in [0.1, 0.15) is 43.4 Å². The highest BCUT2D eigenvalue weighted by Gasteiger charge is 2.53. The molecule has 2 aromatic carbocycles. The van der Waals surface area contributed by atoms with Gasteiger partial charge in [0.05, 0.1) is 24.4 Å². The number of aliphatic hydroxyl groups is 4. The van der Waals surface area contributed by atoms with Crippen LogP contribution >= 0.6 is 11.6 Å². The summed E-state index contributed by atoms with van der Waals surface area (Å²) >= 11 is 5.98. The molecule has 238 valence electrons. The van der Waals surface area contributed by atoms with Gasteiger partial charge in [-0.15, -0.1) is 0 Å². The Kier molecular flexibility index (Phi) is 10.2. The zero-order valence-corrected chi connectivity index (χ0v) is 24.7. The van der Waals surface area contributed by atoms with Crippen LogP contribution in [0.5, 0.6) is 5.75 Å². The van der Waals surface area contributed by atoms with Crippen molar-refractivity contribution in [1.29, 1.82) is 0 Å². The lowest BCUT2D eigenvalue weighted by molar-refractivity contribution is -0.155. The van der Waals surface area contributed by atoms with Crippen LogP contribution in [-0.4, -0.2) is 100 Å². The van der Waals surface area contributed by atoms with Crippen LogP contribution in [0.15, 0.2) is 53.1 Å². The highest BCUT2D eigenvalue weighted by molar-refractivity contribution is 6.30. The Balaban J connectivity index is 1.15. The minimum absolute atomic E-state index is 0.0996. The van der Waals surface area contributed by atoms with Crippen molar-refractivity contribution in [2.45, 2.75) is 81.4 Å². The molecule has 1 unspecified atom stereocenters.